The van der Waals surface area contributed by atoms with Crippen molar-refractivity contribution in [2.45, 2.75) is 469 Å². The van der Waals surface area contributed by atoms with Crippen molar-refractivity contribution in [1.29, 1.82) is 0 Å². The minimum atomic E-state index is -0.844. The number of amides is 1. The Kier molecular flexibility index (Phi) is 75.3. The summed E-state index contributed by atoms with van der Waals surface area (Å²) in [5, 5.41) is 23.3. The number of ether oxygens (including phenoxy) is 1. The lowest BCUT2D eigenvalue weighted by Gasteiger charge is -2.20. The number of carbonyl (C=O) groups excluding carboxylic acids is 2. The Morgan fingerprint density at radius 1 is 0.310 bits per heavy atom. The van der Waals surface area contributed by atoms with Gasteiger partial charge in [0, 0.05) is 12.8 Å². The number of esters is 1. The van der Waals surface area contributed by atoms with E-state index in [1.165, 1.54) is 392 Å². The van der Waals surface area contributed by atoms with Gasteiger partial charge in [-0.2, -0.15) is 0 Å². The van der Waals surface area contributed by atoms with E-state index in [1.54, 1.807) is 6.08 Å². The van der Waals surface area contributed by atoms with Crippen LogP contribution in [0.1, 0.15) is 457 Å². The lowest BCUT2D eigenvalue weighted by Crippen LogP contribution is -2.45. The summed E-state index contributed by atoms with van der Waals surface area (Å²) in [6.45, 7) is 4.96. The van der Waals surface area contributed by atoms with Gasteiger partial charge in [-0.1, -0.05) is 411 Å². The van der Waals surface area contributed by atoms with Crippen molar-refractivity contribution < 1.29 is 24.5 Å². The van der Waals surface area contributed by atoms with Crippen molar-refractivity contribution in [2.24, 2.45) is 0 Å². The summed E-state index contributed by atoms with van der Waals surface area (Å²) in [7, 11) is 0. The third-order valence-corrected chi connectivity index (χ3v) is 19.0. The van der Waals surface area contributed by atoms with Gasteiger partial charge in [0.05, 0.1) is 25.4 Å². The molecule has 0 radical (unpaired) electrons. The van der Waals surface area contributed by atoms with E-state index in [9.17, 15) is 19.8 Å². The van der Waals surface area contributed by atoms with Gasteiger partial charge in [-0.25, -0.2) is 0 Å². The molecule has 0 aliphatic carbocycles. The van der Waals surface area contributed by atoms with E-state index in [1.807, 2.05) is 6.08 Å². The molecule has 0 aromatic rings. The maximum absolute atomic E-state index is 12.6. The van der Waals surface area contributed by atoms with Gasteiger partial charge in [-0.3, -0.25) is 9.59 Å². The number of rotatable bonds is 76. The first-order valence-electron chi connectivity index (χ1n) is 40.1. The molecule has 0 bridgehead atoms. The summed E-state index contributed by atoms with van der Waals surface area (Å²) in [4.78, 5) is 24.7. The third kappa shape index (κ3) is 73.3. The molecule has 1 amide bonds. The normalized spacial score (nSPS) is 12.6. The topological polar surface area (TPSA) is 95.9 Å². The van der Waals surface area contributed by atoms with Crippen LogP contribution in [0.2, 0.25) is 0 Å². The fourth-order valence-corrected chi connectivity index (χ4v) is 12.9. The van der Waals surface area contributed by atoms with E-state index in [-0.39, 0.29) is 18.5 Å². The summed E-state index contributed by atoms with van der Waals surface area (Å²) in [5.41, 5.74) is 0. The molecule has 3 N–H and O–H groups in total. The number of carbonyl (C=O) groups is 2. The van der Waals surface area contributed by atoms with Crippen molar-refractivity contribution in [3.05, 3.63) is 24.3 Å². The molecule has 2 unspecified atom stereocenters. The van der Waals surface area contributed by atoms with Crippen LogP contribution in [-0.4, -0.2) is 47.4 Å². The van der Waals surface area contributed by atoms with Crippen molar-refractivity contribution >= 4 is 11.9 Å². The quantitative estimate of drug-likeness (QED) is 0.0320. The second-order valence-corrected chi connectivity index (χ2v) is 27.8. The molecule has 2 atom stereocenters. The minimum absolute atomic E-state index is 0.0185. The molecule has 0 fully saturated rings. The second kappa shape index (κ2) is 76.8. The molecule has 0 aromatic heterocycles. The highest BCUT2D eigenvalue weighted by Crippen LogP contribution is 2.20. The molecule has 0 aromatic carbocycles. The highest BCUT2D eigenvalue weighted by Gasteiger charge is 2.18. The SMILES string of the molecule is CCCCCCCC/C=C\CCCCCCCCCCCC(=O)OCCCCCCCCCCCCCCCCCCCCCCCCCCCCCC(=O)NC(CO)C(O)/C=C/CCCCCCCCCCCCCCCCCCCCCCCC. The molecule has 0 saturated heterocycles. The van der Waals surface area contributed by atoms with Crippen molar-refractivity contribution in [3.63, 3.8) is 0 Å². The van der Waals surface area contributed by atoms with Crippen molar-refractivity contribution in [1.82, 2.24) is 5.32 Å². The van der Waals surface area contributed by atoms with E-state index < -0.39 is 12.1 Å². The Balaban J connectivity index is 3.36. The lowest BCUT2D eigenvalue weighted by atomic mass is 10.0. The molecule has 6 nitrogen and oxygen atoms in total. The van der Waals surface area contributed by atoms with Gasteiger partial charge < -0.3 is 20.3 Å². The van der Waals surface area contributed by atoms with Crippen LogP contribution in [0.3, 0.4) is 0 Å². The van der Waals surface area contributed by atoms with Gasteiger partial charge in [0.15, 0.2) is 0 Å². The van der Waals surface area contributed by atoms with Gasteiger partial charge in [-0.05, 0) is 57.8 Å². The molecule has 516 valence electrons. The van der Waals surface area contributed by atoms with Crippen LogP contribution < -0.4 is 5.32 Å². The van der Waals surface area contributed by atoms with E-state index in [0.29, 0.717) is 19.4 Å². The Labute approximate surface area is 545 Å². The summed E-state index contributed by atoms with van der Waals surface area (Å²) >= 11 is 0. The highest BCUT2D eigenvalue weighted by atomic mass is 16.5. The molecule has 0 heterocycles. The third-order valence-electron chi connectivity index (χ3n) is 19.0. The maximum Gasteiger partial charge on any atom is 0.305 e. The zero-order valence-electron chi connectivity index (χ0n) is 59.3. The smallest absolute Gasteiger partial charge is 0.305 e. The predicted molar refractivity (Wildman–Crippen MR) is 384 cm³/mol. The molecular weight excluding hydrogens is 1070 g/mol. The Morgan fingerprint density at radius 3 is 0.816 bits per heavy atom. The van der Waals surface area contributed by atoms with Crippen LogP contribution in [0.5, 0.6) is 0 Å². The summed E-state index contributed by atoms with van der Waals surface area (Å²) < 4.78 is 5.52. The summed E-state index contributed by atoms with van der Waals surface area (Å²) in [5.74, 6) is -0.0413. The summed E-state index contributed by atoms with van der Waals surface area (Å²) in [6.07, 6.45) is 98.7. The lowest BCUT2D eigenvalue weighted by molar-refractivity contribution is -0.143. The van der Waals surface area contributed by atoms with Crippen LogP contribution in [0.15, 0.2) is 24.3 Å². The molecular formula is C81H157NO5. The van der Waals surface area contributed by atoms with E-state index in [0.717, 1.165) is 38.5 Å². The van der Waals surface area contributed by atoms with E-state index in [4.69, 9.17) is 4.74 Å². The number of hydrogen-bond donors (Lipinski definition) is 3. The Morgan fingerprint density at radius 2 is 0.540 bits per heavy atom. The average molecular weight is 1230 g/mol. The van der Waals surface area contributed by atoms with Gasteiger partial charge >= 0.3 is 5.97 Å². The van der Waals surface area contributed by atoms with Crippen LogP contribution >= 0.6 is 0 Å². The molecule has 0 spiro atoms. The number of allylic oxidation sites excluding steroid dienone is 3. The van der Waals surface area contributed by atoms with Gasteiger partial charge in [0.25, 0.3) is 0 Å². The fourth-order valence-electron chi connectivity index (χ4n) is 12.9. The highest BCUT2D eigenvalue weighted by molar-refractivity contribution is 5.76. The zero-order valence-corrected chi connectivity index (χ0v) is 59.3. The molecule has 6 heteroatoms. The van der Waals surface area contributed by atoms with Crippen LogP contribution in [0.4, 0.5) is 0 Å². The van der Waals surface area contributed by atoms with Gasteiger partial charge in [0.2, 0.25) is 5.91 Å². The number of aliphatic hydroxyl groups is 2. The first-order valence-corrected chi connectivity index (χ1v) is 40.1. The van der Waals surface area contributed by atoms with Crippen molar-refractivity contribution in [3.8, 4) is 0 Å². The molecule has 0 rings (SSSR count). The van der Waals surface area contributed by atoms with E-state index in [2.05, 4.69) is 31.3 Å². The molecule has 0 aliphatic rings. The zero-order chi connectivity index (χ0) is 62.8. The standard InChI is InChI=1S/C81H157NO5/c1-3-5-7-9-11-13-15-17-19-21-23-24-25-31-34-38-41-45-49-53-57-61-65-69-73-79(84)78(77-83)82-80(85)74-70-66-62-58-54-50-46-42-39-35-32-29-27-26-28-30-33-36-40-44-48-52-56-60-64-68-72-76-87-81(86)75-71-67-63-59-55-51-47-43-37-22-20-18-16-14-12-10-8-6-4-2/h18,20,69,73,78-79,83-84H,3-17,19,21-68,70-72,74-77H2,1-2H3,(H,82,85)/b20-18-,73-69+. The molecule has 87 heavy (non-hydrogen) atoms. The number of aliphatic hydroxyl groups excluding tert-OH is 2. The average Bonchev–Trinajstić information content (AvgIpc) is 3.58. The number of hydrogen-bond acceptors (Lipinski definition) is 5. The molecule has 0 aliphatic heterocycles. The summed E-state index contributed by atoms with van der Waals surface area (Å²) in [6, 6.07) is -0.627. The minimum Gasteiger partial charge on any atom is -0.466 e. The molecule has 0 saturated carbocycles. The number of unbranched alkanes of at least 4 members (excludes halogenated alkanes) is 63. The van der Waals surface area contributed by atoms with Crippen LogP contribution in [0, 0.1) is 0 Å². The van der Waals surface area contributed by atoms with Gasteiger partial charge in [-0.15, -0.1) is 0 Å². The first kappa shape index (κ1) is 85.3. The first-order chi connectivity index (χ1) is 43.0. The van der Waals surface area contributed by atoms with E-state index >= 15 is 0 Å². The monoisotopic (exact) mass is 1220 g/mol. The maximum atomic E-state index is 12.6. The van der Waals surface area contributed by atoms with Crippen LogP contribution in [0.25, 0.3) is 0 Å². The number of nitrogens with one attached hydrogen (secondary N) is 1. The largest absolute Gasteiger partial charge is 0.466 e. The fraction of sp³-hybridized carbons (Fsp3) is 0.926. The Hall–Kier alpha value is -1.66. The Bertz CT molecular complexity index is 1360. The predicted octanol–water partition coefficient (Wildman–Crippen LogP) is 26.4. The van der Waals surface area contributed by atoms with Gasteiger partial charge in [0.1, 0.15) is 0 Å². The second-order valence-electron chi connectivity index (χ2n) is 27.8. The van der Waals surface area contributed by atoms with Crippen molar-refractivity contribution in [2.75, 3.05) is 13.2 Å². The van der Waals surface area contributed by atoms with Crippen LogP contribution in [-0.2, 0) is 14.3 Å².